The van der Waals surface area contributed by atoms with Crippen molar-refractivity contribution in [1.82, 2.24) is 14.2 Å². The number of carbonyl (C=O) groups is 2. The van der Waals surface area contributed by atoms with E-state index >= 15 is 0 Å². The Morgan fingerprint density at radius 1 is 1.14 bits per heavy atom. The maximum absolute atomic E-state index is 13.2. The number of urea groups is 1. The number of aromatic nitrogens is 1. The number of imide groups is 1. The summed E-state index contributed by atoms with van der Waals surface area (Å²) in [7, 11) is -3.90. The molecule has 36 heavy (non-hydrogen) atoms. The Morgan fingerprint density at radius 2 is 1.81 bits per heavy atom. The molecule has 0 bridgehead atoms. The number of amides is 3. The van der Waals surface area contributed by atoms with E-state index in [9.17, 15) is 31.2 Å². The monoisotopic (exact) mass is 545 g/mol. The molecular formula is C21H22F3N5O5S2. The summed E-state index contributed by atoms with van der Waals surface area (Å²) in [6.07, 6.45) is 2.75. The van der Waals surface area contributed by atoms with Gasteiger partial charge in [-0.3, -0.25) is 14.5 Å². The third kappa shape index (κ3) is 5.74. The van der Waals surface area contributed by atoms with Crippen LogP contribution in [0.3, 0.4) is 0 Å². The van der Waals surface area contributed by atoms with Gasteiger partial charge in [0.05, 0.1) is 37.3 Å². The molecular weight excluding hydrogens is 523 g/mol. The minimum absolute atomic E-state index is 0.0794. The van der Waals surface area contributed by atoms with Gasteiger partial charge in [0.1, 0.15) is 6.04 Å². The molecule has 1 aromatic carbocycles. The summed E-state index contributed by atoms with van der Waals surface area (Å²) in [5, 5.41) is 0. The van der Waals surface area contributed by atoms with E-state index in [0.29, 0.717) is 5.56 Å². The van der Waals surface area contributed by atoms with Crippen LogP contribution in [0.4, 0.5) is 29.3 Å². The lowest BCUT2D eigenvalue weighted by molar-refractivity contribution is -0.119. The van der Waals surface area contributed by atoms with Gasteiger partial charge in [0.15, 0.2) is 0 Å². The summed E-state index contributed by atoms with van der Waals surface area (Å²) in [6.45, 7) is 2.34. The van der Waals surface area contributed by atoms with Crippen LogP contribution in [0.1, 0.15) is 12.5 Å². The fourth-order valence-corrected chi connectivity index (χ4v) is 5.53. The van der Waals surface area contributed by atoms with E-state index in [-0.39, 0.29) is 60.9 Å². The Labute approximate surface area is 209 Å². The molecule has 2 aliphatic heterocycles. The molecule has 3 amide bonds. The summed E-state index contributed by atoms with van der Waals surface area (Å²) < 4.78 is 72.3. The molecule has 2 aliphatic rings. The van der Waals surface area contributed by atoms with Crippen LogP contribution in [-0.4, -0.2) is 72.4 Å². The summed E-state index contributed by atoms with van der Waals surface area (Å²) in [6, 6.07) is 4.88. The molecule has 0 spiro atoms. The van der Waals surface area contributed by atoms with Crippen LogP contribution in [0, 0.1) is 0 Å². The van der Waals surface area contributed by atoms with Gasteiger partial charge in [0, 0.05) is 24.2 Å². The molecule has 15 heteroatoms. The summed E-state index contributed by atoms with van der Waals surface area (Å²) in [5.74, 6) is -0.555. The van der Waals surface area contributed by atoms with Crippen molar-refractivity contribution in [3.63, 3.8) is 0 Å². The molecule has 0 saturated carbocycles. The van der Waals surface area contributed by atoms with Gasteiger partial charge in [-0.25, -0.2) is 9.69 Å². The zero-order valence-corrected chi connectivity index (χ0v) is 20.6. The highest BCUT2D eigenvalue weighted by atomic mass is 32.2. The Balaban J connectivity index is 1.52. The first-order valence-corrected chi connectivity index (χ1v) is 13.0. The van der Waals surface area contributed by atoms with Gasteiger partial charge in [0.2, 0.25) is 0 Å². The standard InChI is InChI=1S/C21H22F3N5O5S2/c1-14-19(30)29(16-2-4-17(5-3-16)35-21(22,23)24)20(31)28(14)13-15-6-7-25-12-18(15)26-36(32,33)27-8-10-34-11-9-27/h2-7,12,14,26H,8-11,13H2,1H3. The second-order valence-electron chi connectivity index (χ2n) is 7.95. The first-order chi connectivity index (χ1) is 17.0. The number of rotatable bonds is 7. The zero-order valence-electron chi connectivity index (χ0n) is 18.9. The number of ether oxygens (including phenoxy) is 1. The van der Waals surface area contributed by atoms with Gasteiger partial charge in [-0.2, -0.15) is 25.9 Å². The molecule has 4 rings (SSSR count). The van der Waals surface area contributed by atoms with Crippen LogP contribution >= 0.6 is 11.8 Å². The Kier molecular flexibility index (Phi) is 7.45. The van der Waals surface area contributed by atoms with E-state index in [0.717, 1.165) is 4.90 Å². The third-order valence-corrected chi connectivity index (χ3v) is 7.87. The molecule has 0 aliphatic carbocycles. The number of nitrogens with zero attached hydrogens (tertiary/aromatic N) is 4. The third-order valence-electron chi connectivity index (χ3n) is 5.61. The highest BCUT2D eigenvalue weighted by Crippen LogP contribution is 2.38. The molecule has 3 heterocycles. The molecule has 1 atom stereocenters. The number of alkyl halides is 3. The van der Waals surface area contributed by atoms with E-state index in [1.807, 2.05) is 0 Å². The Bertz CT molecular complexity index is 1240. The van der Waals surface area contributed by atoms with E-state index in [1.54, 1.807) is 0 Å². The average Bonchev–Trinajstić information content (AvgIpc) is 3.03. The molecule has 10 nitrogen and oxygen atoms in total. The molecule has 194 valence electrons. The lowest BCUT2D eigenvalue weighted by Crippen LogP contribution is -2.43. The van der Waals surface area contributed by atoms with E-state index in [2.05, 4.69) is 9.71 Å². The minimum atomic E-state index is -4.46. The number of anilines is 2. The SMILES string of the molecule is CC1C(=O)N(c2ccc(SC(F)(F)F)cc2)C(=O)N1Cc1ccncc1NS(=O)(=O)N1CCOCC1. The van der Waals surface area contributed by atoms with Crippen LogP contribution in [0.15, 0.2) is 47.6 Å². The summed E-state index contributed by atoms with van der Waals surface area (Å²) in [4.78, 5) is 32.1. The number of pyridine rings is 1. The van der Waals surface area contributed by atoms with E-state index in [1.165, 1.54) is 58.9 Å². The van der Waals surface area contributed by atoms with Gasteiger partial charge in [-0.15, -0.1) is 0 Å². The molecule has 0 radical (unpaired) electrons. The van der Waals surface area contributed by atoms with Gasteiger partial charge < -0.3 is 9.64 Å². The maximum Gasteiger partial charge on any atom is 0.446 e. The predicted octanol–water partition coefficient (Wildman–Crippen LogP) is 3.04. The lowest BCUT2D eigenvalue weighted by atomic mass is 10.2. The number of hydrogen-bond donors (Lipinski definition) is 1. The van der Waals surface area contributed by atoms with Crippen LogP contribution in [0.2, 0.25) is 0 Å². The smallest absolute Gasteiger partial charge is 0.379 e. The maximum atomic E-state index is 13.2. The highest BCUT2D eigenvalue weighted by molar-refractivity contribution is 8.00. The number of halogens is 3. The number of hydrogen-bond acceptors (Lipinski definition) is 7. The number of thioether (sulfide) groups is 1. The van der Waals surface area contributed by atoms with Gasteiger partial charge in [-0.05, 0) is 54.6 Å². The quantitative estimate of drug-likeness (QED) is 0.421. The summed E-state index contributed by atoms with van der Waals surface area (Å²) >= 11 is -0.298. The van der Waals surface area contributed by atoms with Crippen molar-refractivity contribution < 1.29 is 35.9 Å². The summed E-state index contributed by atoms with van der Waals surface area (Å²) in [5.41, 5.74) is -3.76. The van der Waals surface area contributed by atoms with Crippen LogP contribution in [-0.2, 0) is 26.3 Å². The number of benzene rings is 1. The molecule has 2 fully saturated rings. The van der Waals surface area contributed by atoms with Crippen molar-refractivity contribution in [2.75, 3.05) is 35.9 Å². The fraction of sp³-hybridized carbons (Fsp3) is 0.381. The fourth-order valence-electron chi connectivity index (χ4n) is 3.77. The van der Waals surface area contributed by atoms with Crippen LogP contribution in [0.5, 0.6) is 0 Å². The van der Waals surface area contributed by atoms with Crippen LogP contribution in [0.25, 0.3) is 0 Å². The lowest BCUT2D eigenvalue weighted by Gasteiger charge is -2.27. The topological polar surface area (TPSA) is 112 Å². The second-order valence-corrected chi connectivity index (χ2v) is 10.8. The molecule has 2 saturated heterocycles. The van der Waals surface area contributed by atoms with Gasteiger partial charge in [-0.1, -0.05) is 0 Å². The molecule has 1 unspecified atom stereocenters. The van der Waals surface area contributed by atoms with Crippen LogP contribution < -0.4 is 9.62 Å². The van der Waals surface area contributed by atoms with E-state index in [4.69, 9.17) is 4.74 Å². The van der Waals surface area contributed by atoms with E-state index < -0.39 is 33.7 Å². The van der Waals surface area contributed by atoms with Gasteiger partial charge >= 0.3 is 21.7 Å². The first-order valence-electron chi connectivity index (χ1n) is 10.8. The number of carbonyl (C=O) groups excluding carboxylic acids is 2. The van der Waals surface area contributed by atoms with Crippen molar-refractivity contribution in [3.8, 4) is 0 Å². The van der Waals surface area contributed by atoms with Crippen molar-refractivity contribution in [2.45, 2.75) is 29.9 Å². The Morgan fingerprint density at radius 3 is 2.44 bits per heavy atom. The zero-order chi connectivity index (χ0) is 26.1. The first kappa shape index (κ1) is 26.2. The molecule has 2 aromatic rings. The largest absolute Gasteiger partial charge is 0.446 e. The molecule has 1 aromatic heterocycles. The number of morpholine rings is 1. The normalized spacial score (nSPS) is 19.7. The van der Waals surface area contributed by atoms with Crippen molar-refractivity contribution in [3.05, 3.63) is 48.3 Å². The second kappa shape index (κ2) is 10.2. The van der Waals surface area contributed by atoms with Gasteiger partial charge in [0.25, 0.3) is 5.91 Å². The predicted molar refractivity (Wildman–Crippen MR) is 125 cm³/mol. The minimum Gasteiger partial charge on any atom is -0.379 e. The van der Waals surface area contributed by atoms with Crippen molar-refractivity contribution in [2.24, 2.45) is 0 Å². The highest BCUT2D eigenvalue weighted by Gasteiger charge is 2.43. The van der Waals surface area contributed by atoms with Crippen molar-refractivity contribution in [1.29, 1.82) is 0 Å². The average molecular weight is 546 g/mol. The molecule has 1 N–H and O–H groups in total. The number of nitrogens with one attached hydrogen (secondary N) is 1. The van der Waals surface area contributed by atoms with Crippen molar-refractivity contribution >= 4 is 45.3 Å². The Hall–Kier alpha value is -2.88.